The zero-order chi connectivity index (χ0) is 36.3. The molecule has 2 atom stereocenters. The molecule has 0 aliphatic heterocycles. The van der Waals surface area contributed by atoms with Crippen LogP contribution in [0.25, 0.3) is 22.3 Å². The van der Waals surface area contributed by atoms with Crippen LogP contribution in [0.5, 0.6) is 0 Å². The fourth-order valence-corrected chi connectivity index (χ4v) is 8.59. The highest BCUT2D eigenvalue weighted by atomic mass is 19.1. The van der Waals surface area contributed by atoms with Crippen molar-refractivity contribution in [2.24, 2.45) is 23.7 Å². The van der Waals surface area contributed by atoms with Crippen LogP contribution in [0.1, 0.15) is 134 Å². The topological polar surface area (TPSA) is 25.8 Å². The quantitative estimate of drug-likeness (QED) is 0.115. The summed E-state index contributed by atoms with van der Waals surface area (Å²) in [7, 11) is 0. The van der Waals surface area contributed by atoms with Crippen molar-refractivity contribution in [2.45, 2.75) is 123 Å². The highest BCUT2D eigenvalue weighted by Crippen LogP contribution is 2.41. The van der Waals surface area contributed by atoms with Gasteiger partial charge in [-0.1, -0.05) is 134 Å². The molecule has 274 valence electrons. The second-order valence-electron chi connectivity index (χ2n) is 15.3. The Bertz CT molecular complexity index is 1640. The summed E-state index contributed by atoms with van der Waals surface area (Å²) in [5, 5.41) is 0. The molecule has 0 bridgehead atoms. The molecule has 0 radical (unpaired) electrons. The molecule has 2 nitrogen and oxygen atoms in total. The molecule has 2 aromatic heterocycles. The van der Waals surface area contributed by atoms with Crippen molar-refractivity contribution in [3.8, 4) is 22.3 Å². The molecule has 0 spiro atoms. The Morgan fingerprint density at radius 3 is 1.25 bits per heavy atom. The molecule has 2 saturated carbocycles. The zero-order valence-electron chi connectivity index (χ0n) is 31.0. The minimum absolute atomic E-state index is 0.348. The third kappa shape index (κ3) is 10.5. The molecule has 6 heteroatoms. The number of halogens is 4. The smallest absolute Gasteiger partial charge is 0.190 e. The highest BCUT2D eigenvalue weighted by Gasteiger charge is 2.27. The third-order valence-corrected chi connectivity index (χ3v) is 12.0. The summed E-state index contributed by atoms with van der Waals surface area (Å²) in [5.41, 5.74) is 4.80. The maximum Gasteiger partial charge on any atom is 0.223 e. The number of aromatic nitrogens is 2. The second-order valence-corrected chi connectivity index (χ2v) is 15.3. The van der Waals surface area contributed by atoms with E-state index < -0.39 is 23.8 Å². The van der Waals surface area contributed by atoms with Crippen molar-refractivity contribution < 1.29 is 17.6 Å². The normalized spacial score (nSPS) is 21.7. The molecular formula is C45H56F4N2. The van der Waals surface area contributed by atoms with Gasteiger partial charge >= 0.3 is 0 Å². The van der Waals surface area contributed by atoms with E-state index in [1.165, 1.54) is 119 Å². The van der Waals surface area contributed by atoms with Crippen molar-refractivity contribution in [1.82, 2.24) is 9.97 Å². The van der Waals surface area contributed by atoms with Crippen LogP contribution in [0.15, 0.2) is 72.8 Å². The lowest BCUT2D eigenvalue weighted by molar-refractivity contribution is 0.237. The number of pyridine rings is 2. The van der Waals surface area contributed by atoms with Crippen molar-refractivity contribution in [3.63, 3.8) is 0 Å². The number of unbranched alkanes of at least 4 members (excludes halogenated alkanes) is 1. The Balaban J connectivity index is 0.000000198. The molecule has 51 heavy (non-hydrogen) atoms. The monoisotopic (exact) mass is 700 g/mol. The largest absolute Gasteiger partial charge is 0.223 e. The lowest BCUT2D eigenvalue weighted by Gasteiger charge is -2.32. The maximum atomic E-state index is 13.9. The van der Waals surface area contributed by atoms with Crippen molar-refractivity contribution in [3.05, 3.63) is 108 Å². The number of hydrogen-bond donors (Lipinski definition) is 0. The molecule has 2 aliphatic carbocycles. The molecule has 2 aliphatic rings. The lowest BCUT2D eigenvalue weighted by atomic mass is 9.73. The second kappa shape index (κ2) is 18.8. The first-order chi connectivity index (χ1) is 24.7. The van der Waals surface area contributed by atoms with E-state index in [2.05, 4.69) is 61.9 Å². The van der Waals surface area contributed by atoms with Gasteiger partial charge in [-0.15, -0.1) is 0 Å². The van der Waals surface area contributed by atoms with Crippen LogP contribution in [0.4, 0.5) is 17.6 Å². The molecule has 0 saturated heterocycles. The van der Waals surface area contributed by atoms with Gasteiger partial charge in [0, 0.05) is 11.1 Å². The molecular weight excluding hydrogens is 645 g/mol. The predicted molar refractivity (Wildman–Crippen MR) is 201 cm³/mol. The first-order valence-corrected chi connectivity index (χ1v) is 19.5. The van der Waals surface area contributed by atoms with Crippen LogP contribution in [0.2, 0.25) is 0 Å². The van der Waals surface area contributed by atoms with Gasteiger partial charge in [0.2, 0.25) is 23.8 Å². The summed E-state index contributed by atoms with van der Waals surface area (Å²) in [6, 6.07) is 21.3. The van der Waals surface area contributed by atoms with Gasteiger partial charge in [-0.05, 0) is 108 Å². The minimum atomic E-state index is -0.787. The van der Waals surface area contributed by atoms with Crippen LogP contribution in [0, 0.1) is 47.5 Å². The van der Waals surface area contributed by atoms with Gasteiger partial charge in [0.25, 0.3) is 0 Å². The molecule has 4 aromatic rings. The van der Waals surface area contributed by atoms with Gasteiger partial charge in [-0.2, -0.15) is 27.5 Å². The van der Waals surface area contributed by atoms with Gasteiger partial charge in [-0.3, -0.25) is 0 Å². The van der Waals surface area contributed by atoms with E-state index in [-0.39, 0.29) is 0 Å². The average molecular weight is 701 g/mol. The summed E-state index contributed by atoms with van der Waals surface area (Å²) < 4.78 is 53.6. The van der Waals surface area contributed by atoms with Crippen molar-refractivity contribution in [2.75, 3.05) is 0 Å². The maximum absolute atomic E-state index is 13.9. The van der Waals surface area contributed by atoms with Crippen LogP contribution < -0.4 is 0 Å². The first-order valence-electron chi connectivity index (χ1n) is 19.5. The van der Waals surface area contributed by atoms with E-state index >= 15 is 0 Å². The lowest BCUT2D eigenvalue weighted by Crippen LogP contribution is -2.19. The van der Waals surface area contributed by atoms with E-state index in [9.17, 15) is 17.6 Å². The Morgan fingerprint density at radius 1 is 0.510 bits per heavy atom. The summed E-state index contributed by atoms with van der Waals surface area (Å²) in [6.45, 7) is 9.16. The van der Waals surface area contributed by atoms with E-state index in [1.54, 1.807) is 0 Å². The summed E-state index contributed by atoms with van der Waals surface area (Å²) >= 11 is 0. The number of rotatable bonds is 11. The number of hydrogen-bond acceptors (Lipinski definition) is 2. The molecule has 2 heterocycles. The zero-order valence-corrected chi connectivity index (χ0v) is 31.0. The predicted octanol–water partition coefficient (Wildman–Crippen LogP) is 13.9. The molecule has 0 amide bonds. The van der Waals surface area contributed by atoms with Crippen molar-refractivity contribution >= 4 is 0 Å². The summed E-state index contributed by atoms with van der Waals surface area (Å²) in [6.07, 6.45) is 17.4. The van der Waals surface area contributed by atoms with Gasteiger partial charge < -0.3 is 0 Å². The number of nitrogens with zero attached hydrogens (tertiary/aromatic N) is 2. The SMILES string of the molecule is CCCC1CCC(C(C)c2ccc(-c3ccc(F)nc3F)cc2)CC1.CCCCC1CCC(C(C)c2ccc(-c3ccc(F)nc3F)cc2)CC1. The van der Waals surface area contributed by atoms with Crippen LogP contribution in [0.3, 0.4) is 0 Å². The number of benzene rings is 2. The van der Waals surface area contributed by atoms with Gasteiger partial charge in [-0.25, -0.2) is 0 Å². The Hall–Kier alpha value is -3.54. The van der Waals surface area contributed by atoms with Crippen molar-refractivity contribution in [1.29, 1.82) is 0 Å². The fourth-order valence-electron chi connectivity index (χ4n) is 8.59. The molecule has 2 unspecified atom stereocenters. The van der Waals surface area contributed by atoms with E-state index in [1.807, 2.05) is 24.3 Å². The highest BCUT2D eigenvalue weighted by molar-refractivity contribution is 5.64. The standard InChI is InChI=1S/C23H29F2N.C22H27F2N/c1-3-4-5-17-6-8-18(9-7-17)16(2)19-10-12-20(13-11-19)21-14-15-22(24)26-23(21)25;1-3-4-16-5-7-17(8-6-16)15(2)18-9-11-19(12-10-18)20-13-14-21(23)25-22(20)24/h10-18H,3-9H2,1-2H3;9-17H,3-8H2,1-2H3. The molecule has 6 rings (SSSR count). The third-order valence-electron chi connectivity index (χ3n) is 12.0. The summed E-state index contributed by atoms with van der Waals surface area (Å²) in [5.74, 6) is 1.29. The van der Waals surface area contributed by atoms with Crippen LogP contribution in [-0.4, -0.2) is 9.97 Å². The van der Waals surface area contributed by atoms with Crippen LogP contribution in [-0.2, 0) is 0 Å². The van der Waals surface area contributed by atoms with E-state index in [4.69, 9.17) is 0 Å². The van der Waals surface area contributed by atoms with E-state index in [0.29, 0.717) is 23.0 Å². The summed E-state index contributed by atoms with van der Waals surface area (Å²) in [4.78, 5) is 6.55. The Morgan fingerprint density at radius 2 is 0.902 bits per heavy atom. The molecule has 2 aromatic carbocycles. The van der Waals surface area contributed by atoms with Gasteiger partial charge in [0.1, 0.15) is 0 Å². The Labute approximate surface area is 303 Å². The first kappa shape index (κ1) is 38.7. The fraction of sp³-hybridized carbons (Fsp3) is 0.511. The average Bonchev–Trinajstić information content (AvgIpc) is 3.15. The molecule has 2 fully saturated rings. The van der Waals surface area contributed by atoms with Gasteiger partial charge in [0.15, 0.2) is 0 Å². The minimum Gasteiger partial charge on any atom is -0.190 e. The molecule has 0 N–H and O–H groups in total. The van der Waals surface area contributed by atoms with E-state index in [0.717, 1.165) is 34.8 Å². The van der Waals surface area contributed by atoms with Gasteiger partial charge in [0.05, 0.1) is 0 Å². The Kier molecular flexibility index (Phi) is 14.3. The van der Waals surface area contributed by atoms with Crippen LogP contribution >= 0.6 is 0 Å².